The number of nitrogens with one attached hydrogen (secondary N) is 1. The monoisotopic (exact) mass is 314 g/mol. The van der Waals surface area contributed by atoms with Crippen LogP contribution in [0, 0.1) is 16.0 Å². The number of hydrazine groups is 1. The molecule has 0 radical (unpaired) electrons. The van der Waals surface area contributed by atoms with E-state index in [0.717, 1.165) is 6.42 Å². The van der Waals surface area contributed by atoms with Crippen LogP contribution in [-0.2, 0) is 0 Å². The van der Waals surface area contributed by atoms with Crippen LogP contribution in [0.25, 0.3) is 0 Å². The van der Waals surface area contributed by atoms with Crippen molar-refractivity contribution in [3.63, 3.8) is 0 Å². The SMILES string of the molecule is CC(C)CCN(C)C(=O)c1cc(Cl)c(NN)c([N+](=O)[O-])c1. The lowest BCUT2D eigenvalue weighted by Crippen LogP contribution is -2.28. The summed E-state index contributed by atoms with van der Waals surface area (Å²) in [7, 11) is 1.65. The van der Waals surface area contributed by atoms with E-state index in [1.807, 2.05) is 0 Å². The molecular weight excluding hydrogens is 296 g/mol. The Morgan fingerprint density at radius 1 is 1.52 bits per heavy atom. The van der Waals surface area contributed by atoms with E-state index in [0.29, 0.717) is 12.5 Å². The van der Waals surface area contributed by atoms with E-state index in [9.17, 15) is 14.9 Å². The van der Waals surface area contributed by atoms with E-state index < -0.39 is 4.92 Å². The summed E-state index contributed by atoms with van der Waals surface area (Å²) in [5, 5.41) is 11.1. The molecule has 21 heavy (non-hydrogen) atoms. The average molecular weight is 315 g/mol. The highest BCUT2D eigenvalue weighted by atomic mass is 35.5. The fourth-order valence-electron chi connectivity index (χ4n) is 1.78. The highest BCUT2D eigenvalue weighted by Crippen LogP contribution is 2.33. The minimum Gasteiger partial charge on any atom is -0.342 e. The first kappa shape index (κ1) is 17.2. The van der Waals surface area contributed by atoms with Crippen molar-refractivity contribution in [2.75, 3.05) is 19.0 Å². The van der Waals surface area contributed by atoms with Crippen LogP contribution in [0.1, 0.15) is 30.6 Å². The molecule has 0 heterocycles. The summed E-state index contributed by atoms with van der Waals surface area (Å²) >= 11 is 5.94. The van der Waals surface area contributed by atoms with Crippen molar-refractivity contribution in [3.8, 4) is 0 Å². The first-order chi connectivity index (χ1) is 9.77. The van der Waals surface area contributed by atoms with Gasteiger partial charge in [0.2, 0.25) is 0 Å². The van der Waals surface area contributed by atoms with Gasteiger partial charge in [0.15, 0.2) is 0 Å². The summed E-state index contributed by atoms with van der Waals surface area (Å²) in [6.45, 7) is 4.68. The van der Waals surface area contributed by atoms with Crippen LogP contribution in [0.15, 0.2) is 12.1 Å². The number of hydrogen-bond donors (Lipinski definition) is 2. The van der Waals surface area contributed by atoms with E-state index in [1.165, 1.54) is 17.0 Å². The Hall–Kier alpha value is -1.86. The maximum atomic E-state index is 12.3. The maximum Gasteiger partial charge on any atom is 0.295 e. The van der Waals surface area contributed by atoms with Crippen LogP contribution >= 0.6 is 11.6 Å². The maximum absolute atomic E-state index is 12.3. The minimum atomic E-state index is -0.633. The number of nitro benzene ring substituents is 1. The van der Waals surface area contributed by atoms with Gasteiger partial charge in [0, 0.05) is 25.2 Å². The van der Waals surface area contributed by atoms with Gasteiger partial charge in [-0.25, -0.2) is 0 Å². The van der Waals surface area contributed by atoms with Crippen LogP contribution in [0.4, 0.5) is 11.4 Å². The van der Waals surface area contributed by atoms with Gasteiger partial charge in [-0.3, -0.25) is 20.8 Å². The van der Waals surface area contributed by atoms with Crippen molar-refractivity contribution in [2.45, 2.75) is 20.3 Å². The van der Waals surface area contributed by atoms with E-state index >= 15 is 0 Å². The summed E-state index contributed by atoms with van der Waals surface area (Å²) < 4.78 is 0. The van der Waals surface area contributed by atoms with Gasteiger partial charge in [-0.15, -0.1) is 0 Å². The molecule has 0 bridgehead atoms. The second-order valence-electron chi connectivity index (χ2n) is 5.16. The zero-order chi connectivity index (χ0) is 16.2. The molecule has 0 aliphatic heterocycles. The number of carbonyl (C=O) groups is 1. The first-order valence-electron chi connectivity index (χ1n) is 6.48. The Balaban J connectivity index is 3.08. The summed E-state index contributed by atoms with van der Waals surface area (Å²) in [4.78, 5) is 24.2. The number of halogens is 1. The number of anilines is 1. The number of carbonyl (C=O) groups excluding carboxylic acids is 1. The number of amides is 1. The van der Waals surface area contributed by atoms with E-state index in [1.54, 1.807) is 7.05 Å². The molecule has 116 valence electrons. The Labute approximate surface area is 128 Å². The number of benzene rings is 1. The normalized spacial score (nSPS) is 10.6. The summed E-state index contributed by atoms with van der Waals surface area (Å²) in [6.07, 6.45) is 0.848. The first-order valence-corrected chi connectivity index (χ1v) is 6.85. The third kappa shape index (κ3) is 4.30. The molecule has 0 atom stereocenters. The van der Waals surface area contributed by atoms with E-state index in [4.69, 9.17) is 17.4 Å². The van der Waals surface area contributed by atoms with Crippen LogP contribution in [0.3, 0.4) is 0 Å². The standard InChI is InChI=1S/C13H19ClN4O3/c1-8(2)4-5-17(3)13(19)9-6-10(14)12(16-15)11(7-9)18(20)21/h6-8,16H,4-5,15H2,1-3H3. The predicted octanol–water partition coefficient (Wildman–Crippen LogP) is 2.65. The zero-order valence-electron chi connectivity index (χ0n) is 12.2. The lowest BCUT2D eigenvalue weighted by atomic mass is 10.1. The molecule has 0 fully saturated rings. The molecule has 3 N–H and O–H groups in total. The molecule has 0 saturated carbocycles. The molecule has 0 spiro atoms. The zero-order valence-corrected chi connectivity index (χ0v) is 13.0. The third-order valence-corrected chi connectivity index (χ3v) is 3.34. The van der Waals surface area contributed by atoms with Crippen LogP contribution < -0.4 is 11.3 Å². The quantitative estimate of drug-likeness (QED) is 0.477. The van der Waals surface area contributed by atoms with Gasteiger partial charge < -0.3 is 10.3 Å². The number of nitrogens with two attached hydrogens (primary N) is 1. The number of nitrogens with zero attached hydrogens (tertiary/aromatic N) is 2. The second kappa shape index (κ2) is 7.24. The summed E-state index contributed by atoms with van der Waals surface area (Å²) in [6, 6.07) is 2.55. The Bertz CT molecular complexity index is 548. The van der Waals surface area contributed by atoms with Gasteiger partial charge in [0.1, 0.15) is 5.69 Å². The van der Waals surface area contributed by atoms with Crippen molar-refractivity contribution in [3.05, 3.63) is 32.8 Å². The van der Waals surface area contributed by atoms with Crippen molar-refractivity contribution in [2.24, 2.45) is 11.8 Å². The topological polar surface area (TPSA) is 102 Å². The molecule has 1 aromatic carbocycles. The van der Waals surface area contributed by atoms with Gasteiger partial charge in [0.05, 0.1) is 9.95 Å². The largest absolute Gasteiger partial charge is 0.342 e. The van der Waals surface area contributed by atoms with Crippen molar-refractivity contribution in [1.29, 1.82) is 0 Å². The molecule has 0 aromatic heterocycles. The fourth-order valence-corrected chi connectivity index (χ4v) is 2.05. The van der Waals surface area contributed by atoms with E-state index in [2.05, 4.69) is 19.3 Å². The molecule has 8 heteroatoms. The number of nitrogen functional groups attached to an aromatic ring is 1. The van der Waals surface area contributed by atoms with Crippen molar-refractivity contribution in [1.82, 2.24) is 4.90 Å². The smallest absolute Gasteiger partial charge is 0.295 e. The van der Waals surface area contributed by atoms with E-state index in [-0.39, 0.29) is 27.9 Å². The molecule has 0 aliphatic rings. The fraction of sp³-hybridized carbons (Fsp3) is 0.462. The highest BCUT2D eigenvalue weighted by molar-refractivity contribution is 6.34. The Morgan fingerprint density at radius 3 is 2.62 bits per heavy atom. The molecule has 0 saturated heterocycles. The lowest BCUT2D eigenvalue weighted by Gasteiger charge is -2.18. The summed E-state index contributed by atoms with van der Waals surface area (Å²) in [5.41, 5.74) is 2.01. The number of rotatable bonds is 6. The lowest BCUT2D eigenvalue weighted by molar-refractivity contribution is -0.384. The Morgan fingerprint density at radius 2 is 2.14 bits per heavy atom. The van der Waals surface area contributed by atoms with Gasteiger partial charge in [-0.2, -0.15) is 0 Å². The highest BCUT2D eigenvalue weighted by Gasteiger charge is 2.22. The van der Waals surface area contributed by atoms with Crippen LogP contribution in [0.5, 0.6) is 0 Å². The molecule has 7 nitrogen and oxygen atoms in total. The van der Waals surface area contributed by atoms with Crippen molar-refractivity contribution < 1.29 is 9.72 Å². The average Bonchev–Trinajstić information content (AvgIpc) is 2.42. The minimum absolute atomic E-state index is 0.0111. The molecule has 1 rings (SSSR count). The van der Waals surface area contributed by atoms with Gasteiger partial charge in [-0.1, -0.05) is 25.4 Å². The molecule has 0 aliphatic carbocycles. The van der Waals surface area contributed by atoms with Gasteiger partial charge in [0.25, 0.3) is 11.6 Å². The predicted molar refractivity (Wildman–Crippen MR) is 82.3 cm³/mol. The van der Waals surface area contributed by atoms with Crippen LogP contribution in [0.2, 0.25) is 5.02 Å². The number of hydrogen-bond acceptors (Lipinski definition) is 5. The molecule has 0 unspecified atom stereocenters. The molecule has 1 amide bonds. The summed E-state index contributed by atoms with van der Waals surface area (Å²) in [5.74, 6) is 5.37. The van der Waals surface area contributed by atoms with Crippen molar-refractivity contribution >= 4 is 28.9 Å². The number of nitro groups is 1. The second-order valence-corrected chi connectivity index (χ2v) is 5.57. The van der Waals surface area contributed by atoms with Crippen LogP contribution in [-0.4, -0.2) is 29.3 Å². The van der Waals surface area contributed by atoms with Gasteiger partial charge >= 0.3 is 0 Å². The molecule has 1 aromatic rings. The Kier molecular flexibility index (Phi) is 5.92. The third-order valence-electron chi connectivity index (χ3n) is 3.05. The molecular formula is C13H19ClN4O3. The van der Waals surface area contributed by atoms with Gasteiger partial charge in [-0.05, 0) is 18.4 Å².